The van der Waals surface area contributed by atoms with Crippen LogP contribution in [0.5, 0.6) is 11.5 Å². The van der Waals surface area contributed by atoms with Crippen LogP contribution in [0.3, 0.4) is 0 Å². The van der Waals surface area contributed by atoms with Gasteiger partial charge in [-0.15, -0.1) is 0 Å². The lowest BCUT2D eigenvalue weighted by Crippen LogP contribution is -2.39. The van der Waals surface area contributed by atoms with Crippen LogP contribution >= 0.6 is 0 Å². The zero-order chi connectivity index (χ0) is 19.4. The highest BCUT2D eigenvalue weighted by atomic mass is 16.5. The molecular weight excluding hydrogens is 346 g/mol. The maximum absolute atomic E-state index is 12.4. The molecule has 0 aliphatic carbocycles. The van der Waals surface area contributed by atoms with Crippen LogP contribution < -0.4 is 25.0 Å². The Kier molecular flexibility index (Phi) is 5.49. The van der Waals surface area contributed by atoms with Gasteiger partial charge >= 0.3 is 6.03 Å². The molecule has 3 amide bonds. The Labute approximate surface area is 158 Å². The maximum atomic E-state index is 12.4. The van der Waals surface area contributed by atoms with Gasteiger partial charge in [0.2, 0.25) is 5.91 Å². The second-order valence-electron chi connectivity index (χ2n) is 6.41. The number of urea groups is 1. The third-order valence-electron chi connectivity index (χ3n) is 4.46. The van der Waals surface area contributed by atoms with Crippen LogP contribution in [0.1, 0.15) is 12.0 Å². The van der Waals surface area contributed by atoms with Crippen LogP contribution in [-0.2, 0) is 4.79 Å². The highest BCUT2D eigenvalue weighted by Gasteiger charge is 2.31. The van der Waals surface area contributed by atoms with Gasteiger partial charge in [0.1, 0.15) is 11.5 Å². The van der Waals surface area contributed by atoms with Gasteiger partial charge in [-0.25, -0.2) is 4.79 Å². The van der Waals surface area contributed by atoms with E-state index < -0.39 is 6.03 Å². The molecule has 3 rings (SSSR count). The Morgan fingerprint density at radius 2 is 1.85 bits per heavy atom. The molecule has 0 aromatic heterocycles. The van der Waals surface area contributed by atoms with Gasteiger partial charge in [-0.2, -0.15) is 0 Å². The second kappa shape index (κ2) is 7.99. The molecule has 1 aliphatic heterocycles. The molecule has 0 spiro atoms. The molecule has 0 bridgehead atoms. The molecule has 2 aromatic rings. The largest absolute Gasteiger partial charge is 0.497 e. The molecule has 2 N–H and O–H groups in total. The van der Waals surface area contributed by atoms with Crippen molar-refractivity contribution in [2.75, 3.05) is 31.0 Å². The Morgan fingerprint density at radius 3 is 2.52 bits per heavy atom. The first-order valence-electron chi connectivity index (χ1n) is 8.66. The van der Waals surface area contributed by atoms with E-state index >= 15 is 0 Å². The smallest absolute Gasteiger partial charge is 0.319 e. The lowest BCUT2D eigenvalue weighted by molar-refractivity contribution is -0.117. The number of methoxy groups -OCH3 is 2. The van der Waals surface area contributed by atoms with E-state index in [-0.39, 0.29) is 18.4 Å². The SMILES string of the molecule is COc1ccc(OC)c(NC(=O)NC2CC(=O)N(c3ccc(C)cc3)C2)c1. The van der Waals surface area contributed by atoms with Crippen LogP contribution in [0.25, 0.3) is 0 Å². The van der Waals surface area contributed by atoms with Gasteiger partial charge < -0.3 is 25.0 Å². The van der Waals surface area contributed by atoms with Crippen LogP contribution in [0.4, 0.5) is 16.2 Å². The van der Waals surface area contributed by atoms with Crippen molar-refractivity contribution in [3.05, 3.63) is 48.0 Å². The first-order valence-corrected chi connectivity index (χ1v) is 8.66. The summed E-state index contributed by atoms with van der Waals surface area (Å²) in [7, 11) is 3.08. The number of nitrogens with one attached hydrogen (secondary N) is 2. The number of hydrogen-bond acceptors (Lipinski definition) is 4. The van der Waals surface area contributed by atoms with E-state index in [0.717, 1.165) is 11.3 Å². The van der Waals surface area contributed by atoms with Crippen molar-refractivity contribution in [1.82, 2.24) is 5.32 Å². The summed E-state index contributed by atoms with van der Waals surface area (Å²) in [6, 6.07) is 12.2. The Bertz CT molecular complexity index is 836. The minimum Gasteiger partial charge on any atom is -0.497 e. The van der Waals surface area contributed by atoms with Gasteiger partial charge in [-0.05, 0) is 31.2 Å². The predicted molar refractivity (Wildman–Crippen MR) is 104 cm³/mol. The summed E-state index contributed by atoms with van der Waals surface area (Å²) in [4.78, 5) is 26.4. The Hall–Kier alpha value is -3.22. The molecule has 1 fully saturated rings. The number of nitrogens with zero attached hydrogens (tertiary/aromatic N) is 1. The average Bonchev–Trinajstić information content (AvgIpc) is 3.02. The molecule has 0 radical (unpaired) electrons. The number of ether oxygens (including phenoxy) is 2. The molecule has 1 unspecified atom stereocenters. The lowest BCUT2D eigenvalue weighted by atomic mass is 10.2. The van der Waals surface area contributed by atoms with Crippen molar-refractivity contribution in [3.63, 3.8) is 0 Å². The number of anilines is 2. The molecule has 142 valence electrons. The van der Waals surface area contributed by atoms with E-state index in [9.17, 15) is 9.59 Å². The highest BCUT2D eigenvalue weighted by molar-refractivity contribution is 5.98. The van der Waals surface area contributed by atoms with Crippen molar-refractivity contribution in [2.45, 2.75) is 19.4 Å². The standard InChI is InChI=1S/C20H23N3O4/c1-13-4-6-15(7-5-13)23-12-14(10-19(23)24)21-20(25)22-17-11-16(26-2)8-9-18(17)27-3/h4-9,11,14H,10,12H2,1-3H3,(H2,21,22,25). The number of rotatable bonds is 5. The topological polar surface area (TPSA) is 79.9 Å². The average molecular weight is 369 g/mol. The first kappa shape index (κ1) is 18.6. The summed E-state index contributed by atoms with van der Waals surface area (Å²) in [5.74, 6) is 1.12. The minimum atomic E-state index is -0.398. The fourth-order valence-corrected chi connectivity index (χ4v) is 3.03. The number of amides is 3. The fourth-order valence-electron chi connectivity index (χ4n) is 3.03. The van der Waals surface area contributed by atoms with E-state index in [0.29, 0.717) is 23.7 Å². The van der Waals surface area contributed by atoms with Crippen LogP contribution in [0.15, 0.2) is 42.5 Å². The Morgan fingerprint density at radius 1 is 1.11 bits per heavy atom. The molecule has 7 nitrogen and oxygen atoms in total. The number of carbonyl (C=O) groups excluding carboxylic acids is 2. The summed E-state index contributed by atoms with van der Waals surface area (Å²) in [5, 5.41) is 5.60. The summed E-state index contributed by atoms with van der Waals surface area (Å²) in [5.41, 5.74) is 2.46. The number of aryl methyl sites for hydroxylation is 1. The zero-order valence-corrected chi connectivity index (χ0v) is 15.6. The minimum absolute atomic E-state index is 0.0110. The normalized spacial score (nSPS) is 16.2. The lowest BCUT2D eigenvalue weighted by Gasteiger charge is -2.18. The zero-order valence-electron chi connectivity index (χ0n) is 15.6. The van der Waals surface area contributed by atoms with E-state index in [1.165, 1.54) is 7.11 Å². The van der Waals surface area contributed by atoms with Crippen molar-refractivity contribution in [3.8, 4) is 11.5 Å². The fraction of sp³-hybridized carbons (Fsp3) is 0.300. The highest BCUT2D eigenvalue weighted by Crippen LogP contribution is 2.29. The van der Waals surface area contributed by atoms with Crippen molar-refractivity contribution < 1.29 is 19.1 Å². The van der Waals surface area contributed by atoms with E-state index in [2.05, 4.69) is 10.6 Å². The molecule has 1 atom stereocenters. The van der Waals surface area contributed by atoms with Gasteiger partial charge in [0.25, 0.3) is 0 Å². The molecule has 2 aromatic carbocycles. The van der Waals surface area contributed by atoms with Gasteiger partial charge in [-0.3, -0.25) is 4.79 Å². The quantitative estimate of drug-likeness (QED) is 0.849. The van der Waals surface area contributed by atoms with Crippen LogP contribution in [0, 0.1) is 6.92 Å². The van der Waals surface area contributed by atoms with Crippen LogP contribution in [-0.4, -0.2) is 38.7 Å². The van der Waals surface area contributed by atoms with E-state index in [1.54, 1.807) is 30.2 Å². The number of benzene rings is 2. The van der Waals surface area contributed by atoms with Crippen LogP contribution in [0.2, 0.25) is 0 Å². The third kappa shape index (κ3) is 4.31. The summed E-state index contributed by atoms with van der Waals surface area (Å²) in [6.07, 6.45) is 0.260. The van der Waals surface area contributed by atoms with Gasteiger partial charge in [0.15, 0.2) is 0 Å². The summed E-state index contributed by atoms with van der Waals surface area (Å²) >= 11 is 0. The maximum Gasteiger partial charge on any atom is 0.319 e. The number of carbonyl (C=O) groups is 2. The third-order valence-corrected chi connectivity index (χ3v) is 4.46. The molecule has 1 heterocycles. The van der Waals surface area contributed by atoms with E-state index in [4.69, 9.17) is 9.47 Å². The van der Waals surface area contributed by atoms with Crippen molar-refractivity contribution >= 4 is 23.3 Å². The van der Waals surface area contributed by atoms with Gasteiger partial charge in [0, 0.05) is 24.7 Å². The van der Waals surface area contributed by atoms with Crippen molar-refractivity contribution in [1.29, 1.82) is 0 Å². The van der Waals surface area contributed by atoms with Gasteiger partial charge in [-0.1, -0.05) is 17.7 Å². The molecule has 0 saturated carbocycles. The molecule has 7 heteroatoms. The molecule has 1 aliphatic rings. The summed E-state index contributed by atoms with van der Waals surface area (Å²) < 4.78 is 10.4. The first-order chi connectivity index (χ1) is 13.0. The molecule has 1 saturated heterocycles. The van der Waals surface area contributed by atoms with Gasteiger partial charge in [0.05, 0.1) is 25.9 Å². The van der Waals surface area contributed by atoms with Crippen molar-refractivity contribution in [2.24, 2.45) is 0 Å². The Balaban J connectivity index is 1.63. The number of hydrogen-bond donors (Lipinski definition) is 2. The second-order valence-corrected chi connectivity index (χ2v) is 6.41. The predicted octanol–water partition coefficient (Wildman–Crippen LogP) is 2.94. The molecule has 27 heavy (non-hydrogen) atoms. The van der Waals surface area contributed by atoms with E-state index in [1.807, 2.05) is 31.2 Å². The molecular formula is C20H23N3O4. The summed E-state index contributed by atoms with van der Waals surface area (Å²) in [6.45, 7) is 2.43. The monoisotopic (exact) mass is 369 g/mol.